The third kappa shape index (κ3) is 2.94. The molecule has 3 rings (SSSR count). The van der Waals surface area contributed by atoms with Crippen LogP contribution in [0.1, 0.15) is 12.6 Å². The van der Waals surface area contributed by atoms with Crippen LogP contribution in [0.2, 0.25) is 0 Å². The van der Waals surface area contributed by atoms with Gasteiger partial charge in [0.2, 0.25) is 5.88 Å². The molecule has 2 heterocycles. The second kappa shape index (κ2) is 6.28. The van der Waals surface area contributed by atoms with Gasteiger partial charge < -0.3 is 10.1 Å². The molecule has 0 radical (unpaired) electrons. The molecular formula is C16H16BrN3O. The number of halogens is 1. The maximum atomic E-state index is 6.00. The number of hydrogen-bond acceptors (Lipinski definition) is 3. The molecule has 0 aliphatic rings. The van der Waals surface area contributed by atoms with Crippen molar-refractivity contribution in [3.8, 4) is 11.6 Å². The van der Waals surface area contributed by atoms with E-state index in [1.165, 1.54) is 0 Å². The van der Waals surface area contributed by atoms with Crippen LogP contribution in [-0.2, 0) is 6.54 Å². The fourth-order valence-corrected chi connectivity index (χ4v) is 2.51. The SMILES string of the molecule is CCNCc1c(Oc2ccccc2Br)nc2ccccn12. The number of nitrogens with one attached hydrogen (secondary N) is 1. The van der Waals surface area contributed by atoms with Gasteiger partial charge >= 0.3 is 0 Å². The standard InChI is InChI=1S/C16H16BrN3O/c1-2-18-11-13-16(19-15-9-5-6-10-20(13)15)21-14-8-4-3-7-12(14)17/h3-10,18H,2,11H2,1H3. The maximum Gasteiger partial charge on any atom is 0.242 e. The van der Waals surface area contributed by atoms with Crippen LogP contribution >= 0.6 is 15.9 Å². The smallest absolute Gasteiger partial charge is 0.242 e. The zero-order valence-corrected chi connectivity index (χ0v) is 13.3. The van der Waals surface area contributed by atoms with Crippen LogP contribution in [0.5, 0.6) is 11.6 Å². The first-order valence-corrected chi connectivity index (χ1v) is 7.68. The van der Waals surface area contributed by atoms with Gasteiger partial charge in [-0.2, -0.15) is 4.98 Å². The molecule has 4 nitrogen and oxygen atoms in total. The van der Waals surface area contributed by atoms with E-state index in [2.05, 4.69) is 37.6 Å². The zero-order chi connectivity index (χ0) is 14.7. The van der Waals surface area contributed by atoms with Gasteiger partial charge in [-0.3, -0.25) is 4.40 Å². The third-order valence-electron chi connectivity index (χ3n) is 3.18. The summed E-state index contributed by atoms with van der Waals surface area (Å²) < 4.78 is 8.97. The average molecular weight is 346 g/mol. The molecule has 0 atom stereocenters. The molecule has 0 amide bonds. The van der Waals surface area contributed by atoms with Gasteiger partial charge in [0.1, 0.15) is 17.1 Å². The van der Waals surface area contributed by atoms with E-state index < -0.39 is 0 Å². The number of fused-ring (bicyclic) bond motifs is 1. The highest BCUT2D eigenvalue weighted by molar-refractivity contribution is 9.10. The number of nitrogens with zero attached hydrogens (tertiary/aromatic N) is 2. The topological polar surface area (TPSA) is 38.6 Å². The van der Waals surface area contributed by atoms with Gasteiger partial charge in [0.05, 0.1) is 4.47 Å². The normalized spacial score (nSPS) is 11.0. The minimum atomic E-state index is 0.633. The minimum absolute atomic E-state index is 0.633. The Morgan fingerprint density at radius 2 is 2.00 bits per heavy atom. The van der Waals surface area contributed by atoms with Crippen LogP contribution in [0.3, 0.4) is 0 Å². The minimum Gasteiger partial charge on any atom is -0.436 e. The van der Waals surface area contributed by atoms with E-state index >= 15 is 0 Å². The highest BCUT2D eigenvalue weighted by Gasteiger charge is 2.14. The van der Waals surface area contributed by atoms with Gasteiger partial charge in [-0.15, -0.1) is 0 Å². The molecule has 0 aliphatic carbocycles. The fraction of sp³-hybridized carbons (Fsp3) is 0.188. The van der Waals surface area contributed by atoms with Gasteiger partial charge in [-0.1, -0.05) is 25.1 Å². The molecule has 2 aromatic heterocycles. The van der Waals surface area contributed by atoms with Crippen molar-refractivity contribution in [3.05, 3.63) is 58.8 Å². The van der Waals surface area contributed by atoms with Crippen molar-refractivity contribution in [3.63, 3.8) is 0 Å². The number of benzene rings is 1. The number of imidazole rings is 1. The van der Waals surface area contributed by atoms with Gasteiger partial charge in [0.15, 0.2) is 0 Å². The summed E-state index contributed by atoms with van der Waals surface area (Å²) in [7, 11) is 0. The Hall–Kier alpha value is -1.85. The quantitative estimate of drug-likeness (QED) is 0.759. The highest BCUT2D eigenvalue weighted by Crippen LogP contribution is 2.31. The summed E-state index contributed by atoms with van der Waals surface area (Å²) in [6, 6.07) is 13.7. The Morgan fingerprint density at radius 3 is 2.81 bits per heavy atom. The van der Waals surface area contributed by atoms with E-state index in [4.69, 9.17) is 4.74 Å². The van der Waals surface area contributed by atoms with Crippen molar-refractivity contribution in [1.82, 2.24) is 14.7 Å². The summed E-state index contributed by atoms with van der Waals surface area (Å²) in [4.78, 5) is 4.58. The Kier molecular flexibility index (Phi) is 4.22. The molecule has 0 spiro atoms. The molecule has 0 fully saturated rings. The van der Waals surface area contributed by atoms with E-state index in [1.807, 2.05) is 48.7 Å². The van der Waals surface area contributed by atoms with Crippen molar-refractivity contribution in [2.24, 2.45) is 0 Å². The zero-order valence-electron chi connectivity index (χ0n) is 11.7. The number of para-hydroxylation sites is 1. The molecule has 0 saturated carbocycles. The lowest BCUT2D eigenvalue weighted by Crippen LogP contribution is -2.14. The lowest BCUT2D eigenvalue weighted by atomic mass is 10.3. The molecule has 0 saturated heterocycles. The largest absolute Gasteiger partial charge is 0.436 e. The van der Waals surface area contributed by atoms with Gasteiger partial charge in [-0.05, 0) is 46.7 Å². The molecule has 0 unspecified atom stereocenters. The molecule has 5 heteroatoms. The van der Waals surface area contributed by atoms with Gasteiger partial charge in [-0.25, -0.2) is 0 Å². The van der Waals surface area contributed by atoms with Crippen LogP contribution in [0.4, 0.5) is 0 Å². The van der Waals surface area contributed by atoms with Crippen molar-refractivity contribution < 1.29 is 4.74 Å². The van der Waals surface area contributed by atoms with E-state index in [9.17, 15) is 0 Å². The Labute approximate surface area is 131 Å². The van der Waals surface area contributed by atoms with Crippen LogP contribution < -0.4 is 10.1 Å². The first-order chi connectivity index (χ1) is 10.3. The van der Waals surface area contributed by atoms with Crippen LogP contribution in [0.25, 0.3) is 5.65 Å². The second-order valence-electron chi connectivity index (χ2n) is 4.61. The molecule has 1 N–H and O–H groups in total. The molecule has 0 bridgehead atoms. The summed E-state index contributed by atoms with van der Waals surface area (Å²) in [5, 5.41) is 3.33. The lowest BCUT2D eigenvalue weighted by molar-refractivity contribution is 0.453. The number of rotatable bonds is 5. The Morgan fingerprint density at radius 1 is 1.19 bits per heavy atom. The van der Waals surface area contributed by atoms with E-state index in [0.717, 1.165) is 28.1 Å². The molecule has 21 heavy (non-hydrogen) atoms. The van der Waals surface area contributed by atoms with Crippen molar-refractivity contribution in [2.75, 3.05) is 6.54 Å². The first kappa shape index (κ1) is 14.1. The van der Waals surface area contributed by atoms with Gasteiger partial charge in [0, 0.05) is 12.7 Å². The summed E-state index contributed by atoms with van der Waals surface area (Å²) >= 11 is 3.50. The lowest BCUT2D eigenvalue weighted by Gasteiger charge is -2.08. The van der Waals surface area contributed by atoms with Crippen LogP contribution in [0.15, 0.2) is 53.1 Å². The summed E-state index contributed by atoms with van der Waals surface area (Å²) in [6.07, 6.45) is 2.00. The Balaban J connectivity index is 2.02. The first-order valence-electron chi connectivity index (χ1n) is 6.88. The fourth-order valence-electron chi connectivity index (χ4n) is 2.14. The molecule has 1 aromatic carbocycles. The average Bonchev–Trinajstić information content (AvgIpc) is 2.85. The molecule has 108 valence electrons. The van der Waals surface area contributed by atoms with E-state index in [-0.39, 0.29) is 0 Å². The van der Waals surface area contributed by atoms with Crippen molar-refractivity contribution in [2.45, 2.75) is 13.5 Å². The number of ether oxygens (including phenoxy) is 1. The third-order valence-corrected chi connectivity index (χ3v) is 3.83. The predicted octanol–water partition coefficient (Wildman–Crippen LogP) is 4.00. The summed E-state index contributed by atoms with van der Waals surface area (Å²) in [6.45, 7) is 3.69. The maximum absolute atomic E-state index is 6.00. The summed E-state index contributed by atoms with van der Waals surface area (Å²) in [5.74, 6) is 1.40. The van der Waals surface area contributed by atoms with Crippen molar-refractivity contribution in [1.29, 1.82) is 0 Å². The Bertz CT molecular complexity index is 754. The summed E-state index contributed by atoms with van der Waals surface area (Å²) in [5.41, 5.74) is 1.90. The van der Waals surface area contributed by atoms with Crippen LogP contribution in [-0.4, -0.2) is 15.9 Å². The monoisotopic (exact) mass is 345 g/mol. The molecule has 0 aliphatic heterocycles. The molecular weight excluding hydrogens is 330 g/mol. The second-order valence-corrected chi connectivity index (χ2v) is 5.46. The number of aromatic nitrogens is 2. The number of hydrogen-bond donors (Lipinski definition) is 1. The van der Waals surface area contributed by atoms with E-state index in [1.54, 1.807) is 0 Å². The molecule has 3 aromatic rings. The number of pyridine rings is 1. The van der Waals surface area contributed by atoms with Gasteiger partial charge in [0.25, 0.3) is 0 Å². The van der Waals surface area contributed by atoms with E-state index in [0.29, 0.717) is 12.4 Å². The highest BCUT2D eigenvalue weighted by atomic mass is 79.9. The predicted molar refractivity (Wildman–Crippen MR) is 86.8 cm³/mol. The van der Waals surface area contributed by atoms with Crippen molar-refractivity contribution >= 4 is 21.6 Å². The van der Waals surface area contributed by atoms with Crippen LogP contribution in [0, 0.1) is 0 Å².